The molecule has 6 nitrogen and oxygen atoms in total. The minimum atomic E-state index is 0.00580. The molecule has 1 heterocycles. The molecule has 2 aromatic rings. The maximum atomic E-state index is 11.6. The molecular formula is C16H22N4O2. The minimum Gasteiger partial charge on any atom is -0.496 e. The van der Waals surface area contributed by atoms with Crippen LogP contribution in [0.25, 0.3) is 11.3 Å². The summed E-state index contributed by atoms with van der Waals surface area (Å²) >= 11 is 0. The summed E-state index contributed by atoms with van der Waals surface area (Å²) in [6.45, 7) is 4.52. The van der Waals surface area contributed by atoms with E-state index in [2.05, 4.69) is 15.6 Å². The number of nitrogens with one attached hydrogen (secondary N) is 1. The largest absolute Gasteiger partial charge is 0.496 e. The maximum absolute atomic E-state index is 11.6. The first-order valence-electron chi connectivity index (χ1n) is 7.47. The van der Waals surface area contributed by atoms with Crippen molar-refractivity contribution in [2.45, 2.75) is 39.3 Å². The van der Waals surface area contributed by atoms with E-state index in [1.807, 2.05) is 44.3 Å². The van der Waals surface area contributed by atoms with Crippen LogP contribution in [0, 0.1) is 0 Å². The van der Waals surface area contributed by atoms with Crippen molar-refractivity contribution >= 4 is 5.91 Å². The highest BCUT2D eigenvalue weighted by Gasteiger charge is 2.12. The normalized spacial score (nSPS) is 12.0. The summed E-state index contributed by atoms with van der Waals surface area (Å²) in [5.74, 6) is 0.832. The van der Waals surface area contributed by atoms with Crippen molar-refractivity contribution in [3.63, 3.8) is 0 Å². The highest BCUT2D eigenvalue weighted by atomic mass is 16.5. The lowest BCUT2D eigenvalue weighted by Gasteiger charge is -2.13. The summed E-state index contributed by atoms with van der Waals surface area (Å²) in [5, 5.41) is 11.3. The summed E-state index contributed by atoms with van der Waals surface area (Å²) in [5.41, 5.74) is 1.66. The minimum absolute atomic E-state index is 0.00580. The zero-order chi connectivity index (χ0) is 15.9. The average molecular weight is 302 g/mol. The van der Waals surface area contributed by atoms with E-state index in [4.69, 9.17) is 4.74 Å². The fraction of sp³-hybridized carbons (Fsp3) is 0.438. The van der Waals surface area contributed by atoms with Gasteiger partial charge < -0.3 is 10.1 Å². The molecule has 0 saturated carbocycles. The predicted octanol–water partition coefficient (Wildman–Crippen LogP) is 2.26. The van der Waals surface area contributed by atoms with Crippen LogP contribution in [0.3, 0.4) is 0 Å². The third kappa shape index (κ3) is 4.07. The number of hydrogen-bond acceptors (Lipinski definition) is 4. The number of aromatic nitrogens is 3. The Labute approximate surface area is 130 Å². The van der Waals surface area contributed by atoms with Gasteiger partial charge in [-0.2, -0.15) is 0 Å². The van der Waals surface area contributed by atoms with Crippen molar-refractivity contribution in [3.8, 4) is 17.0 Å². The second kappa shape index (κ2) is 7.59. The van der Waals surface area contributed by atoms with Gasteiger partial charge in [0.15, 0.2) is 0 Å². The molecule has 0 bridgehead atoms. The molecule has 6 heteroatoms. The van der Waals surface area contributed by atoms with Crippen molar-refractivity contribution in [2.24, 2.45) is 0 Å². The molecule has 1 N–H and O–H groups in total. The van der Waals surface area contributed by atoms with Crippen LogP contribution in [0.1, 0.15) is 26.7 Å². The lowest BCUT2D eigenvalue weighted by Crippen LogP contribution is -2.35. The first-order valence-corrected chi connectivity index (χ1v) is 7.47. The molecule has 118 valence electrons. The van der Waals surface area contributed by atoms with E-state index in [9.17, 15) is 4.79 Å². The molecule has 1 atom stereocenters. The molecule has 0 fully saturated rings. The molecule has 0 aliphatic rings. The van der Waals surface area contributed by atoms with Crippen molar-refractivity contribution in [1.29, 1.82) is 0 Å². The molecule has 2 rings (SSSR count). The van der Waals surface area contributed by atoms with E-state index in [1.165, 1.54) is 0 Å². The van der Waals surface area contributed by atoms with Crippen LogP contribution in [0.4, 0.5) is 0 Å². The summed E-state index contributed by atoms with van der Waals surface area (Å²) in [6, 6.07) is 7.69. The topological polar surface area (TPSA) is 69.0 Å². The summed E-state index contributed by atoms with van der Waals surface area (Å²) in [4.78, 5) is 11.6. The quantitative estimate of drug-likeness (QED) is 0.852. The SMILES string of the molecule is CCCC(=O)N[C@H](C)Cn1cc(-c2ccccc2OC)nn1. The Morgan fingerprint density at radius 1 is 1.41 bits per heavy atom. The second-order valence-corrected chi connectivity index (χ2v) is 5.24. The first kappa shape index (κ1) is 16.0. The monoisotopic (exact) mass is 302 g/mol. The molecule has 1 aromatic heterocycles. The average Bonchev–Trinajstić information content (AvgIpc) is 2.95. The van der Waals surface area contributed by atoms with Crippen molar-refractivity contribution < 1.29 is 9.53 Å². The molecule has 1 aromatic carbocycles. The van der Waals surface area contributed by atoms with Crippen LogP contribution in [0.2, 0.25) is 0 Å². The fourth-order valence-corrected chi connectivity index (χ4v) is 2.27. The van der Waals surface area contributed by atoms with E-state index in [0.717, 1.165) is 23.4 Å². The second-order valence-electron chi connectivity index (χ2n) is 5.24. The van der Waals surface area contributed by atoms with Gasteiger partial charge in [-0.25, -0.2) is 4.68 Å². The smallest absolute Gasteiger partial charge is 0.220 e. The molecule has 0 radical (unpaired) electrons. The van der Waals surface area contributed by atoms with Crippen molar-refractivity contribution in [2.75, 3.05) is 7.11 Å². The Bertz CT molecular complexity index is 624. The van der Waals surface area contributed by atoms with E-state index < -0.39 is 0 Å². The number of carbonyl (C=O) groups is 1. The Kier molecular flexibility index (Phi) is 5.52. The number of benzene rings is 1. The number of ether oxygens (including phenoxy) is 1. The van der Waals surface area contributed by atoms with Crippen LogP contribution in [-0.4, -0.2) is 34.1 Å². The van der Waals surface area contributed by atoms with Gasteiger partial charge in [-0.1, -0.05) is 24.3 Å². The van der Waals surface area contributed by atoms with Crippen molar-refractivity contribution in [3.05, 3.63) is 30.5 Å². The number of para-hydroxylation sites is 1. The maximum Gasteiger partial charge on any atom is 0.220 e. The lowest BCUT2D eigenvalue weighted by atomic mass is 10.1. The highest BCUT2D eigenvalue weighted by Crippen LogP contribution is 2.27. The highest BCUT2D eigenvalue weighted by molar-refractivity contribution is 5.76. The molecule has 22 heavy (non-hydrogen) atoms. The number of methoxy groups -OCH3 is 1. The molecule has 0 unspecified atom stereocenters. The fourth-order valence-electron chi connectivity index (χ4n) is 2.27. The predicted molar refractivity (Wildman–Crippen MR) is 84.5 cm³/mol. The molecule has 1 amide bonds. The van der Waals surface area contributed by atoms with E-state index in [-0.39, 0.29) is 11.9 Å². The number of amides is 1. The van der Waals surface area contributed by atoms with Gasteiger partial charge in [0, 0.05) is 18.0 Å². The number of nitrogens with zero attached hydrogens (tertiary/aromatic N) is 3. The van der Waals surface area contributed by atoms with Gasteiger partial charge in [0.1, 0.15) is 11.4 Å². The summed E-state index contributed by atoms with van der Waals surface area (Å²) < 4.78 is 7.07. The van der Waals surface area contributed by atoms with Gasteiger partial charge in [0.25, 0.3) is 0 Å². The summed E-state index contributed by atoms with van der Waals surface area (Å²) in [6.07, 6.45) is 3.26. The number of hydrogen-bond donors (Lipinski definition) is 1. The third-order valence-corrected chi connectivity index (χ3v) is 3.27. The van der Waals surface area contributed by atoms with Gasteiger partial charge in [-0.05, 0) is 25.5 Å². The van der Waals surface area contributed by atoms with Gasteiger partial charge in [0.2, 0.25) is 5.91 Å². The number of rotatable bonds is 7. The van der Waals surface area contributed by atoms with Gasteiger partial charge >= 0.3 is 0 Å². The van der Waals surface area contributed by atoms with Crippen LogP contribution < -0.4 is 10.1 Å². The van der Waals surface area contributed by atoms with E-state index in [0.29, 0.717) is 13.0 Å². The zero-order valence-electron chi connectivity index (χ0n) is 13.2. The number of carbonyl (C=O) groups excluding carboxylic acids is 1. The van der Waals surface area contributed by atoms with Crippen LogP contribution >= 0.6 is 0 Å². The molecular weight excluding hydrogens is 280 g/mol. The molecule has 0 aliphatic heterocycles. The first-order chi connectivity index (χ1) is 10.6. The van der Waals surface area contributed by atoms with Crippen LogP contribution in [0.5, 0.6) is 5.75 Å². The van der Waals surface area contributed by atoms with Crippen molar-refractivity contribution in [1.82, 2.24) is 20.3 Å². The Balaban J connectivity index is 2.04. The zero-order valence-corrected chi connectivity index (χ0v) is 13.2. The van der Waals surface area contributed by atoms with E-state index in [1.54, 1.807) is 11.8 Å². The van der Waals surface area contributed by atoms with Crippen LogP contribution in [0.15, 0.2) is 30.5 Å². The Morgan fingerprint density at radius 2 is 2.18 bits per heavy atom. The van der Waals surface area contributed by atoms with E-state index >= 15 is 0 Å². The third-order valence-electron chi connectivity index (χ3n) is 3.27. The van der Waals surface area contributed by atoms with Gasteiger partial charge in [-0.3, -0.25) is 4.79 Å². The standard InChI is InChI=1S/C16H22N4O2/c1-4-7-16(21)17-12(2)10-20-11-14(18-19-20)13-8-5-6-9-15(13)22-3/h5-6,8-9,11-12H,4,7,10H2,1-3H3,(H,17,21)/t12-/m1/s1. The molecule has 0 aliphatic carbocycles. The molecule has 0 saturated heterocycles. The Hall–Kier alpha value is -2.37. The molecule has 0 spiro atoms. The van der Waals surface area contributed by atoms with Gasteiger partial charge in [0.05, 0.1) is 19.9 Å². The van der Waals surface area contributed by atoms with Crippen LogP contribution in [-0.2, 0) is 11.3 Å². The lowest BCUT2D eigenvalue weighted by molar-refractivity contribution is -0.121. The van der Waals surface area contributed by atoms with Gasteiger partial charge in [-0.15, -0.1) is 5.10 Å². The summed E-state index contributed by atoms with van der Waals surface area (Å²) in [7, 11) is 1.63. The Morgan fingerprint density at radius 3 is 2.91 bits per heavy atom.